The zero-order chi connectivity index (χ0) is 10.6. The number of benzene rings is 1. The average Bonchev–Trinajstić information content (AvgIpc) is 2.13. The lowest BCUT2D eigenvalue weighted by Gasteiger charge is -1.99. The molecule has 0 aliphatic heterocycles. The predicted molar refractivity (Wildman–Crippen MR) is 56.1 cm³/mol. The molecule has 0 amide bonds. The molecule has 0 aliphatic carbocycles. The minimum atomic E-state index is -0.778. The first-order valence-corrected chi connectivity index (χ1v) is 4.62. The highest BCUT2D eigenvalue weighted by Gasteiger charge is 2.05. The van der Waals surface area contributed by atoms with E-state index in [0.717, 1.165) is 12.1 Å². The molecule has 0 aromatic heterocycles. The van der Waals surface area contributed by atoms with Gasteiger partial charge >= 0.3 is 0 Å². The van der Waals surface area contributed by atoms with Crippen molar-refractivity contribution in [3.63, 3.8) is 0 Å². The van der Waals surface area contributed by atoms with Crippen molar-refractivity contribution in [2.45, 2.75) is 6.42 Å². The van der Waals surface area contributed by atoms with Gasteiger partial charge in [-0.05, 0) is 6.07 Å². The lowest BCUT2D eigenvalue weighted by Crippen LogP contribution is -1.96. The van der Waals surface area contributed by atoms with Gasteiger partial charge in [-0.15, -0.1) is 0 Å². The summed E-state index contributed by atoms with van der Waals surface area (Å²) >= 11 is 3.95. The van der Waals surface area contributed by atoms with Crippen LogP contribution in [0.5, 0.6) is 0 Å². The van der Waals surface area contributed by atoms with E-state index in [0.29, 0.717) is 12.2 Å². The maximum atomic E-state index is 12.9. The summed E-state index contributed by atoms with van der Waals surface area (Å²) in [5, 5.41) is 0. The van der Waals surface area contributed by atoms with Crippen LogP contribution in [-0.4, -0.2) is 5.75 Å². The molecular weight excluding hydrogens is 204 g/mol. The maximum Gasteiger partial charge on any atom is 0.150 e. The standard InChI is InChI=1S/C10H9F2NS/c11-8-5-7(3-1-2-4-14)10(13)9(12)6-8/h5-6,14H,2,4,13H2. The topological polar surface area (TPSA) is 26.0 Å². The number of nitrogens with two attached hydrogens (primary N) is 1. The van der Waals surface area contributed by atoms with Crippen LogP contribution in [0.15, 0.2) is 12.1 Å². The molecule has 1 rings (SSSR count). The van der Waals surface area contributed by atoms with Gasteiger partial charge in [0.25, 0.3) is 0 Å². The summed E-state index contributed by atoms with van der Waals surface area (Å²) in [7, 11) is 0. The van der Waals surface area contributed by atoms with Crippen LogP contribution in [-0.2, 0) is 0 Å². The van der Waals surface area contributed by atoms with Crippen LogP contribution in [0.4, 0.5) is 14.5 Å². The van der Waals surface area contributed by atoms with Gasteiger partial charge < -0.3 is 5.73 Å². The number of halogens is 2. The molecule has 1 aromatic rings. The lowest BCUT2D eigenvalue weighted by molar-refractivity contribution is 0.586. The highest BCUT2D eigenvalue weighted by molar-refractivity contribution is 7.80. The van der Waals surface area contributed by atoms with E-state index in [4.69, 9.17) is 5.73 Å². The maximum absolute atomic E-state index is 12.9. The lowest BCUT2D eigenvalue weighted by atomic mass is 10.1. The Balaban J connectivity index is 3.04. The van der Waals surface area contributed by atoms with E-state index in [1.54, 1.807) is 0 Å². The monoisotopic (exact) mass is 213 g/mol. The van der Waals surface area contributed by atoms with Gasteiger partial charge in [0.1, 0.15) is 11.6 Å². The molecule has 0 bridgehead atoms. The van der Waals surface area contributed by atoms with Crippen molar-refractivity contribution in [3.05, 3.63) is 29.3 Å². The molecule has 0 saturated heterocycles. The van der Waals surface area contributed by atoms with Gasteiger partial charge in [-0.3, -0.25) is 0 Å². The van der Waals surface area contributed by atoms with Crippen molar-refractivity contribution >= 4 is 18.3 Å². The molecule has 1 nitrogen and oxygen atoms in total. The predicted octanol–water partition coefficient (Wildman–Crippen LogP) is 2.22. The minimum absolute atomic E-state index is 0.113. The van der Waals surface area contributed by atoms with Gasteiger partial charge in [0, 0.05) is 18.2 Å². The van der Waals surface area contributed by atoms with Gasteiger partial charge in [0.05, 0.1) is 11.3 Å². The zero-order valence-corrected chi connectivity index (χ0v) is 8.24. The molecule has 4 heteroatoms. The molecule has 1 aromatic carbocycles. The SMILES string of the molecule is Nc1c(F)cc(F)cc1C#CCCS. The molecule has 0 fully saturated rings. The molecular formula is C10H9F2NS. The fourth-order valence-electron chi connectivity index (χ4n) is 0.902. The van der Waals surface area contributed by atoms with Gasteiger partial charge in [-0.25, -0.2) is 8.78 Å². The van der Waals surface area contributed by atoms with Crippen LogP contribution in [0.3, 0.4) is 0 Å². The van der Waals surface area contributed by atoms with Crippen LogP contribution < -0.4 is 5.73 Å². The molecule has 74 valence electrons. The van der Waals surface area contributed by atoms with Crippen molar-refractivity contribution in [1.82, 2.24) is 0 Å². The minimum Gasteiger partial charge on any atom is -0.395 e. The quantitative estimate of drug-likeness (QED) is 0.417. The third-order valence-electron chi connectivity index (χ3n) is 1.55. The van der Waals surface area contributed by atoms with Crippen LogP contribution >= 0.6 is 12.6 Å². The average molecular weight is 213 g/mol. The number of hydrogen-bond donors (Lipinski definition) is 2. The highest BCUT2D eigenvalue weighted by Crippen LogP contribution is 2.16. The summed E-state index contributed by atoms with van der Waals surface area (Å²) in [5.41, 5.74) is 5.44. The summed E-state index contributed by atoms with van der Waals surface area (Å²) in [4.78, 5) is 0. The Morgan fingerprint density at radius 2 is 2.07 bits per heavy atom. The van der Waals surface area contributed by atoms with Crippen molar-refractivity contribution in [1.29, 1.82) is 0 Å². The summed E-state index contributed by atoms with van der Waals surface area (Å²) in [6.45, 7) is 0. The number of nitrogen functional groups attached to an aromatic ring is 1. The summed E-state index contributed by atoms with van der Waals surface area (Å²) < 4.78 is 25.6. The molecule has 0 unspecified atom stereocenters. The van der Waals surface area contributed by atoms with Crippen LogP contribution in [0.1, 0.15) is 12.0 Å². The molecule has 0 aliphatic rings. The number of rotatable bonds is 1. The number of thiol groups is 1. The fraction of sp³-hybridized carbons (Fsp3) is 0.200. The summed E-state index contributed by atoms with van der Waals surface area (Å²) in [6.07, 6.45) is 0.556. The van der Waals surface area contributed by atoms with Gasteiger partial charge in [0.15, 0.2) is 0 Å². The first-order valence-electron chi connectivity index (χ1n) is 3.99. The summed E-state index contributed by atoms with van der Waals surface area (Å²) in [5.74, 6) is 4.45. The first kappa shape index (κ1) is 10.9. The van der Waals surface area contributed by atoms with Crippen molar-refractivity contribution in [2.75, 3.05) is 11.5 Å². The van der Waals surface area contributed by atoms with Crippen molar-refractivity contribution < 1.29 is 8.78 Å². The molecule has 0 spiro atoms. The Morgan fingerprint density at radius 1 is 1.36 bits per heavy atom. The Labute approximate surface area is 86.7 Å². The largest absolute Gasteiger partial charge is 0.395 e. The number of anilines is 1. The Kier molecular flexibility index (Phi) is 3.78. The van der Waals surface area contributed by atoms with E-state index in [-0.39, 0.29) is 11.3 Å². The molecule has 2 N–H and O–H groups in total. The van der Waals surface area contributed by atoms with E-state index in [2.05, 4.69) is 24.5 Å². The fourth-order valence-corrected chi connectivity index (χ4v) is 1.01. The molecule has 0 saturated carbocycles. The van der Waals surface area contributed by atoms with E-state index in [9.17, 15) is 8.78 Å². The van der Waals surface area contributed by atoms with E-state index >= 15 is 0 Å². The van der Waals surface area contributed by atoms with Crippen molar-refractivity contribution in [2.24, 2.45) is 0 Å². The van der Waals surface area contributed by atoms with Crippen molar-refractivity contribution in [3.8, 4) is 11.8 Å². The highest BCUT2D eigenvalue weighted by atomic mass is 32.1. The van der Waals surface area contributed by atoms with Crippen LogP contribution in [0, 0.1) is 23.5 Å². The number of hydrogen-bond acceptors (Lipinski definition) is 2. The smallest absolute Gasteiger partial charge is 0.150 e. The molecule has 14 heavy (non-hydrogen) atoms. The Bertz CT molecular complexity index is 393. The second-order valence-corrected chi connectivity index (χ2v) is 3.07. The normalized spacial score (nSPS) is 9.36. The van der Waals surface area contributed by atoms with E-state index < -0.39 is 11.6 Å². The summed E-state index contributed by atoms with van der Waals surface area (Å²) in [6, 6.07) is 1.85. The molecule has 0 radical (unpaired) electrons. The third kappa shape index (κ3) is 2.64. The van der Waals surface area contributed by atoms with Gasteiger partial charge in [-0.2, -0.15) is 12.6 Å². The second kappa shape index (κ2) is 4.87. The van der Waals surface area contributed by atoms with Crippen LogP contribution in [0.2, 0.25) is 0 Å². The van der Waals surface area contributed by atoms with Gasteiger partial charge in [-0.1, -0.05) is 11.8 Å². The Hall–Kier alpha value is -1.21. The Morgan fingerprint density at radius 3 is 2.71 bits per heavy atom. The molecule has 0 heterocycles. The van der Waals surface area contributed by atoms with E-state index in [1.807, 2.05) is 0 Å². The van der Waals surface area contributed by atoms with Crippen LogP contribution in [0.25, 0.3) is 0 Å². The second-order valence-electron chi connectivity index (χ2n) is 2.62. The first-order chi connectivity index (χ1) is 6.65. The molecule has 0 atom stereocenters. The van der Waals surface area contributed by atoms with Gasteiger partial charge in [0.2, 0.25) is 0 Å². The van der Waals surface area contributed by atoms with E-state index in [1.165, 1.54) is 0 Å². The zero-order valence-electron chi connectivity index (χ0n) is 7.35. The third-order valence-corrected chi connectivity index (χ3v) is 1.78.